The molecule has 1 aliphatic heterocycles. The standard InChI is InChI=1S/C20H23N3O3/c1-13-11-17(13)18-8-7-16(26-18)12-22(2)19(24)14-3-5-15(6-4-14)23-10-9-21-20(23)25/h3-8,13,17H,9-12H2,1-2H3,(H,21,25)/t13-,17+/m0/s1. The highest BCUT2D eigenvalue weighted by atomic mass is 16.3. The van der Waals surface area contributed by atoms with Crippen LogP contribution in [0.25, 0.3) is 0 Å². The molecule has 4 rings (SSSR count). The van der Waals surface area contributed by atoms with E-state index in [1.54, 1.807) is 29.0 Å². The fourth-order valence-corrected chi connectivity index (χ4v) is 3.43. The third-order valence-electron chi connectivity index (χ3n) is 5.18. The average molecular weight is 353 g/mol. The Hall–Kier alpha value is -2.76. The van der Waals surface area contributed by atoms with Gasteiger partial charge in [-0.15, -0.1) is 0 Å². The van der Waals surface area contributed by atoms with Gasteiger partial charge < -0.3 is 14.6 Å². The first-order valence-corrected chi connectivity index (χ1v) is 9.02. The zero-order valence-electron chi connectivity index (χ0n) is 15.1. The van der Waals surface area contributed by atoms with Crippen molar-refractivity contribution in [3.05, 3.63) is 53.5 Å². The highest BCUT2D eigenvalue weighted by Gasteiger charge is 2.36. The number of amides is 3. The van der Waals surface area contributed by atoms with E-state index in [4.69, 9.17) is 4.42 Å². The SMILES string of the molecule is C[C@H]1C[C@H]1c1ccc(CN(C)C(=O)c2ccc(N3CCNC3=O)cc2)o1. The molecular formula is C20H23N3O3. The summed E-state index contributed by atoms with van der Waals surface area (Å²) in [4.78, 5) is 27.7. The Kier molecular flexibility index (Phi) is 4.18. The summed E-state index contributed by atoms with van der Waals surface area (Å²) in [6.45, 7) is 3.95. The predicted octanol–water partition coefficient (Wildman–Crippen LogP) is 3.20. The molecule has 1 saturated carbocycles. The summed E-state index contributed by atoms with van der Waals surface area (Å²) >= 11 is 0. The Labute approximate surface area is 152 Å². The number of benzene rings is 1. The van der Waals surface area contributed by atoms with Crippen molar-refractivity contribution in [1.29, 1.82) is 0 Å². The van der Waals surface area contributed by atoms with Crippen LogP contribution >= 0.6 is 0 Å². The Balaban J connectivity index is 1.40. The second kappa shape index (κ2) is 6.52. The molecule has 1 saturated heterocycles. The molecule has 6 heteroatoms. The van der Waals surface area contributed by atoms with Crippen LogP contribution in [-0.2, 0) is 6.54 Å². The number of urea groups is 1. The van der Waals surface area contributed by atoms with Crippen LogP contribution in [0.3, 0.4) is 0 Å². The van der Waals surface area contributed by atoms with Crippen molar-refractivity contribution in [2.75, 3.05) is 25.0 Å². The Bertz CT molecular complexity index is 827. The smallest absolute Gasteiger partial charge is 0.321 e. The fourth-order valence-electron chi connectivity index (χ4n) is 3.43. The maximum Gasteiger partial charge on any atom is 0.321 e. The zero-order valence-corrected chi connectivity index (χ0v) is 15.1. The van der Waals surface area contributed by atoms with Gasteiger partial charge in [-0.05, 0) is 48.7 Å². The van der Waals surface area contributed by atoms with E-state index in [-0.39, 0.29) is 11.9 Å². The number of rotatable bonds is 5. The van der Waals surface area contributed by atoms with Crippen LogP contribution in [-0.4, -0.2) is 37.0 Å². The van der Waals surface area contributed by atoms with Crippen LogP contribution in [0, 0.1) is 5.92 Å². The Morgan fingerprint density at radius 1 is 1.27 bits per heavy atom. The van der Waals surface area contributed by atoms with Gasteiger partial charge in [0, 0.05) is 37.3 Å². The van der Waals surface area contributed by atoms with E-state index in [0.29, 0.717) is 37.0 Å². The predicted molar refractivity (Wildman–Crippen MR) is 98.2 cm³/mol. The molecule has 1 aromatic carbocycles. The quantitative estimate of drug-likeness (QED) is 0.898. The first-order valence-electron chi connectivity index (χ1n) is 9.02. The Morgan fingerprint density at radius 3 is 2.62 bits per heavy atom. The molecule has 136 valence electrons. The summed E-state index contributed by atoms with van der Waals surface area (Å²) in [7, 11) is 1.77. The molecule has 0 radical (unpaired) electrons. The molecule has 1 aromatic heterocycles. The molecule has 2 aliphatic rings. The van der Waals surface area contributed by atoms with Crippen molar-refractivity contribution in [1.82, 2.24) is 10.2 Å². The summed E-state index contributed by atoms with van der Waals surface area (Å²) in [5, 5.41) is 2.77. The maximum absolute atomic E-state index is 12.6. The van der Waals surface area contributed by atoms with E-state index in [1.165, 1.54) is 6.42 Å². The number of nitrogens with one attached hydrogen (secondary N) is 1. The summed E-state index contributed by atoms with van der Waals surface area (Å²) in [5.41, 5.74) is 1.40. The normalized spacial score (nSPS) is 21.6. The van der Waals surface area contributed by atoms with Crippen LogP contribution < -0.4 is 10.2 Å². The number of hydrogen-bond donors (Lipinski definition) is 1. The summed E-state index contributed by atoms with van der Waals surface area (Å²) in [5.74, 6) is 3.01. The number of carbonyl (C=O) groups is 2. The molecule has 3 amide bonds. The lowest BCUT2D eigenvalue weighted by Crippen LogP contribution is -2.28. The first-order chi connectivity index (χ1) is 12.5. The number of hydrogen-bond acceptors (Lipinski definition) is 3. The van der Waals surface area contributed by atoms with Gasteiger partial charge in [-0.25, -0.2) is 4.79 Å². The number of nitrogens with zero attached hydrogens (tertiary/aromatic N) is 2. The lowest BCUT2D eigenvalue weighted by Gasteiger charge is -2.17. The second-order valence-corrected chi connectivity index (χ2v) is 7.22. The molecule has 2 heterocycles. The van der Waals surface area contributed by atoms with Gasteiger partial charge in [-0.2, -0.15) is 0 Å². The lowest BCUT2D eigenvalue weighted by molar-refractivity contribution is 0.0775. The highest BCUT2D eigenvalue weighted by molar-refractivity contribution is 5.96. The van der Waals surface area contributed by atoms with Gasteiger partial charge in [0.2, 0.25) is 0 Å². The van der Waals surface area contributed by atoms with Crippen molar-refractivity contribution < 1.29 is 14.0 Å². The van der Waals surface area contributed by atoms with Crippen molar-refractivity contribution in [2.24, 2.45) is 5.92 Å². The van der Waals surface area contributed by atoms with E-state index in [0.717, 1.165) is 17.2 Å². The van der Waals surface area contributed by atoms with Crippen LogP contribution in [0.4, 0.5) is 10.5 Å². The van der Waals surface area contributed by atoms with Crippen molar-refractivity contribution in [2.45, 2.75) is 25.8 Å². The van der Waals surface area contributed by atoms with E-state index in [9.17, 15) is 9.59 Å². The topological polar surface area (TPSA) is 65.8 Å². The van der Waals surface area contributed by atoms with E-state index in [1.807, 2.05) is 24.3 Å². The highest BCUT2D eigenvalue weighted by Crippen LogP contribution is 2.47. The van der Waals surface area contributed by atoms with Gasteiger partial charge in [-0.1, -0.05) is 6.92 Å². The van der Waals surface area contributed by atoms with E-state index in [2.05, 4.69) is 12.2 Å². The maximum atomic E-state index is 12.6. The summed E-state index contributed by atoms with van der Waals surface area (Å²) in [6, 6.07) is 11.0. The van der Waals surface area contributed by atoms with Crippen LogP contribution in [0.15, 0.2) is 40.8 Å². The molecule has 2 aromatic rings. The summed E-state index contributed by atoms with van der Waals surface area (Å²) < 4.78 is 5.89. The molecule has 0 spiro atoms. The molecule has 1 aliphatic carbocycles. The van der Waals surface area contributed by atoms with Crippen molar-refractivity contribution in [3.8, 4) is 0 Å². The molecular weight excluding hydrogens is 330 g/mol. The first kappa shape index (κ1) is 16.7. The van der Waals surface area contributed by atoms with Crippen LogP contribution in [0.1, 0.15) is 41.1 Å². The average Bonchev–Trinajstić information content (AvgIpc) is 3.01. The molecule has 6 nitrogen and oxygen atoms in total. The number of furan rings is 1. The second-order valence-electron chi connectivity index (χ2n) is 7.22. The van der Waals surface area contributed by atoms with Crippen LogP contribution in [0.5, 0.6) is 0 Å². The van der Waals surface area contributed by atoms with Crippen molar-refractivity contribution in [3.63, 3.8) is 0 Å². The van der Waals surface area contributed by atoms with Crippen LogP contribution in [0.2, 0.25) is 0 Å². The molecule has 0 bridgehead atoms. The largest absolute Gasteiger partial charge is 0.464 e. The molecule has 1 N–H and O–H groups in total. The van der Waals surface area contributed by atoms with Gasteiger partial charge >= 0.3 is 6.03 Å². The molecule has 0 unspecified atom stereocenters. The van der Waals surface area contributed by atoms with Gasteiger partial charge in [0.15, 0.2) is 0 Å². The lowest BCUT2D eigenvalue weighted by atomic mass is 10.1. The fraction of sp³-hybridized carbons (Fsp3) is 0.400. The number of carbonyl (C=O) groups excluding carboxylic acids is 2. The summed E-state index contributed by atoms with van der Waals surface area (Å²) in [6.07, 6.45) is 1.18. The third kappa shape index (κ3) is 3.19. The van der Waals surface area contributed by atoms with Gasteiger partial charge in [0.05, 0.1) is 6.54 Å². The van der Waals surface area contributed by atoms with Gasteiger partial charge in [-0.3, -0.25) is 9.69 Å². The van der Waals surface area contributed by atoms with E-state index < -0.39 is 0 Å². The molecule has 2 fully saturated rings. The molecule has 26 heavy (non-hydrogen) atoms. The zero-order chi connectivity index (χ0) is 18.3. The third-order valence-corrected chi connectivity index (χ3v) is 5.18. The monoisotopic (exact) mass is 353 g/mol. The molecule has 2 atom stereocenters. The Morgan fingerprint density at radius 2 is 2.00 bits per heavy atom. The minimum absolute atomic E-state index is 0.0693. The minimum Gasteiger partial charge on any atom is -0.464 e. The van der Waals surface area contributed by atoms with E-state index >= 15 is 0 Å². The van der Waals surface area contributed by atoms with Gasteiger partial charge in [0.1, 0.15) is 11.5 Å². The minimum atomic E-state index is -0.0974. The van der Waals surface area contributed by atoms with Gasteiger partial charge in [0.25, 0.3) is 5.91 Å². The number of anilines is 1. The van der Waals surface area contributed by atoms with Crippen molar-refractivity contribution >= 4 is 17.6 Å².